The number of rotatable bonds is 5. The lowest BCUT2D eigenvalue weighted by Crippen LogP contribution is -2.51. The van der Waals surface area contributed by atoms with Gasteiger partial charge in [-0.3, -0.25) is 0 Å². The molecule has 0 aromatic carbocycles. The zero-order valence-corrected chi connectivity index (χ0v) is 10.3. The van der Waals surface area contributed by atoms with Gasteiger partial charge in [-0.2, -0.15) is 0 Å². The van der Waals surface area contributed by atoms with Gasteiger partial charge >= 0.3 is 0 Å². The number of aliphatic hydroxyl groups is 4. The summed E-state index contributed by atoms with van der Waals surface area (Å²) < 4.78 is 0. The summed E-state index contributed by atoms with van der Waals surface area (Å²) in [5.74, 6) is -4.12. The molecule has 0 saturated carbocycles. The maximum Gasteiger partial charge on any atom is 0.124 e. The first-order valence-corrected chi connectivity index (χ1v) is 4.88. The molecule has 19 heavy (non-hydrogen) atoms. The summed E-state index contributed by atoms with van der Waals surface area (Å²) in [7, 11) is 0. The van der Waals surface area contributed by atoms with Crippen molar-refractivity contribution in [3.05, 3.63) is 0 Å². The minimum Gasteiger partial charge on any atom is -0.547 e. The second-order valence-corrected chi connectivity index (χ2v) is 2.68. The van der Waals surface area contributed by atoms with Crippen LogP contribution >= 0.6 is 0 Å². The monoisotopic (exact) mass is 290 g/mol. The Morgan fingerprint density at radius 3 is 1.11 bits per heavy atom. The second kappa shape index (κ2) is 19.0. The predicted molar refractivity (Wildman–Crippen MR) is 55.3 cm³/mol. The number of quaternary nitrogens is 2. The minimum atomic E-state index is -2.44. The van der Waals surface area contributed by atoms with E-state index in [-0.39, 0.29) is 18.7 Å². The third-order valence-electron chi connectivity index (χ3n) is 1.10. The lowest BCUT2D eigenvalue weighted by molar-refractivity contribution is -0.372. The Morgan fingerprint density at radius 2 is 1.05 bits per heavy atom. The zero-order valence-electron chi connectivity index (χ0n) is 10.3. The van der Waals surface area contributed by atoms with Crippen LogP contribution in [0.3, 0.4) is 0 Å². The van der Waals surface area contributed by atoms with Crippen LogP contribution in [-0.2, 0) is 9.59 Å². The number of hydrogen-bond acceptors (Lipinski definition) is 8. The Balaban J connectivity index is -0.000000105. The van der Waals surface area contributed by atoms with Crippen LogP contribution in [0.4, 0.5) is 0 Å². The van der Waals surface area contributed by atoms with Crippen molar-refractivity contribution in [2.24, 2.45) is 0 Å². The molecule has 0 rings (SSSR count). The Kier molecular flexibility index (Phi) is 26.3. The van der Waals surface area contributed by atoms with Gasteiger partial charge in [0.25, 0.3) is 0 Å². The van der Waals surface area contributed by atoms with E-state index in [1.165, 1.54) is 0 Å². The topological polar surface area (TPSA) is 248 Å². The van der Waals surface area contributed by atoms with Crippen LogP contribution in [0.15, 0.2) is 0 Å². The highest BCUT2D eigenvalue weighted by Gasteiger charge is 2.17. The van der Waals surface area contributed by atoms with Crippen molar-refractivity contribution in [1.29, 1.82) is 0 Å². The zero-order chi connectivity index (χ0) is 15.1. The van der Waals surface area contributed by atoms with Crippen molar-refractivity contribution < 1.29 is 57.2 Å². The van der Waals surface area contributed by atoms with Crippen molar-refractivity contribution in [2.45, 2.75) is 12.2 Å². The maximum absolute atomic E-state index is 9.63. The molecular formula is C8H22N2O9. The minimum absolute atomic E-state index is 0. The van der Waals surface area contributed by atoms with Gasteiger partial charge in [0.1, 0.15) is 12.2 Å². The number of carboxylic acid groups (broad SMARTS) is 2. The van der Waals surface area contributed by atoms with Gasteiger partial charge in [0.05, 0.1) is 38.2 Å². The van der Waals surface area contributed by atoms with E-state index < -0.39 is 24.1 Å². The van der Waals surface area contributed by atoms with Crippen LogP contribution in [-0.4, -0.2) is 76.4 Å². The molecule has 11 nitrogen and oxygen atoms in total. The first kappa shape index (κ1) is 26.3. The molecule has 11 heteroatoms. The van der Waals surface area contributed by atoms with Crippen LogP contribution in [0.2, 0.25) is 0 Å². The highest BCUT2D eigenvalue weighted by molar-refractivity contribution is 5.80. The van der Waals surface area contributed by atoms with Crippen LogP contribution in [0.5, 0.6) is 0 Å². The Hall–Kier alpha value is -1.34. The lowest BCUT2D eigenvalue weighted by atomic mass is 10.2. The molecule has 118 valence electrons. The third-order valence-corrected chi connectivity index (χ3v) is 1.10. The average molecular weight is 290 g/mol. The molecule has 0 bridgehead atoms. The first-order chi connectivity index (χ1) is 8.29. The van der Waals surface area contributed by atoms with E-state index in [4.69, 9.17) is 20.4 Å². The van der Waals surface area contributed by atoms with Gasteiger partial charge < -0.3 is 57.2 Å². The molecule has 0 aliphatic heterocycles. The summed E-state index contributed by atoms with van der Waals surface area (Å²) in [6, 6.07) is 0. The maximum atomic E-state index is 9.63. The van der Waals surface area contributed by atoms with Gasteiger partial charge in [-0.05, 0) is 0 Å². The van der Waals surface area contributed by atoms with E-state index in [0.717, 1.165) is 0 Å². The van der Waals surface area contributed by atoms with E-state index in [1.54, 1.807) is 0 Å². The molecule has 2 unspecified atom stereocenters. The molecule has 0 aromatic heterocycles. The fraction of sp³-hybridized carbons (Fsp3) is 0.750. The molecule has 0 aliphatic rings. The molecule has 0 saturated heterocycles. The summed E-state index contributed by atoms with van der Waals surface area (Å²) in [5.41, 5.74) is 6.71. The SMILES string of the molecule is O.O=C([O-])C(O)C(O)C(=O)[O-].[NH3+]CCO.[NH3+]CCO. The Morgan fingerprint density at radius 1 is 0.895 bits per heavy atom. The van der Waals surface area contributed by atoms with Crippen molar-refractivity contribution in [3.8, 4) is 0 Å². The van der Waals surface area contributed by atoms with E-state index >= 15 is 0 Å². The highest BCUT2D eigenvalue weighted by atomic mass is 16.4. The smallest absolute Gasteiger partial charge is 0.124 e. The number of carboxylic acids is 2. The predicted octanol–water partition coefficient (Wildman–Crippen LogP) is -9.18. The number of hydrogen-bond donors (Lipinski definition) is 6. The van der Waals surface area contributed by atoms with Crippen LogP contribution in [0.25, 0.3) is 0 Å². The number of carbonyl (C=O) groups excluding carboxylic acids is 2. The highest BCUT2D eigenvalue weighted by Crippen LogP contribution is 1.88. The van der Waals surface area contributed by atoms with Gasteiger partial charge in [0.2, 0.25) is 0 Å². The molecular weight excluding hydrogens is 268 g/mol. The van der Waals surface area contributed by atoms with Gasteiger partial charge in [-0.25, -0.2) is 0 Å². The van der Waals surface area contributed by atoms with Crippen molar-refractivity contribution in [3.63, 3.8) is 0 Å². The van der Waals surface area contributed by atoms with Crippen molar-refractivity contribution in [2.75, 3.05) is 26.3 Å². The van der Waals surface area contributed by atoms with E-state index in [9.17, 15) is 19.8 Å². The first-order valence-electron chi connectivity index (χ1n) is 4.88. The third kappa shape index (κ3) is 22.3. The summed E-state index contributed by atoms with van der Waals surface area (Å²) in [5, 5.41) is 51.4. The molecule has 12 N–H and O–H groups in total. The number of aliphatic hydroxyl groups excluding tert-OH is 4. The second-order valence-electron chi connectivity index (χ2n) is 2.68. The van der Waals surface area contributed by atoms with E-state index in [2.05, 4.69) is 11.5 Å². The van der Waals surface area contributed by atoms with Gasteiger partial charge in [0, 0.05) is 0 Å². The molecule has 0 radical (unpaired) electrons. The van der Waals surface area contributed by atoms with Crippen LogP contribution < -0.4 is 21.7 Å². The summed E-state index contributed by atoms with van der Waals surface area (Å²) in [6.07, 6.45) is -4.88. The fourth-order valence-corrected chi connectivity index (χ4v) is 0.258. The van der Waals surface area contributed by atoms with Crippen molar-refractivity contribution in [1.82, 2.24) is 0 Å². The largest absolute Gasteiger partial charge is 0.547 e. The van der Waals surface area contributed by atoms with Crippen LogP contribution in [0.1, 0.15) is 0 Å². The molecule has 0 heterocycles. The van der Waals surface area contributed by atoms with E-state index in [0.29, 0.717) is 13.1 Å². The molecule has 2 atom stereocenters. The summed E-state index contributed by atoms with van der Waals surface area (Å²) in [6.45, 7) is 1.67. The molecule has 0 aliphatic carbocycles. The van der Waals surface area contributed by atoms with Crippen LogP contribution in [0, 0.1) is 0 Å². The summed E-state index contributed by atoms with van der Waals surface area (Å²) >= 11 is 0. The van der Waals surface area contributed by atoms with Gasteiger partial charge in [0.15, 0.2) is 0 Å². The summed E-state index contributed by atoms with van der Waals surface area (Å²) in [4.78, 5) is 19.3. The quantitative estimate of drug-likeness (QED) is 0.282. The molecule has 0 spiro atoms. The van der Waals surface area contributed by atoms with Crippen molar-refractivity contribution >= 4 is 11.9 Å². The van der Waals surface area contributed by atoms with Gasteiger partial charge in [-0.15, -0.1) is 0 Å². The fourth-order valence-electron chi connectivity index (χ4n) is 0.258. The Bertz CT molecular complexity index is 188. The van der Waals surface area contributed by atoms with E-state index in [1.807, 2.05) is 0 Å². The van der Waals surface area contributed by atoms with Gasteiger partial charge in [-0.1, -0.05) is 0 Å². The lowest BCUT2D eigenvalue weighted by Gasteiger charge is -2.18. The molecule has 0 fully saturated rings. The standard InChI is InChI=1S/C4H6O6.2C2H7NO.H2O/c5-1(3(7)8)2(6)4(9)10;2*3-1-2-4;/h1-2,5-6H,(H,7,8)(H,9,10);2*4H,1-3H2;1H2. The normalized spacial score (nSPS) is 11.5. The molecule has 0 amide bonds. The Labute approximate surface area is 109 Å². The number of carbonyl (C=O) groups is 2. The number of aliphatic carboxylic acids is 2. The average Bonchev–Trinajstić information content (AvgIpc) is 2.37. The molecule has 0 aromatic rings.